The van der Waals surface area contributed by atoms with E-state index in [2.05, 4.69) is 105 Å². The van der Waals surface area contributed by atoms with Crippen molar-refractivity contribution in [1.29, 1.82) is 5.26 Å². The van der Waals surface area contributed by atoms with E-state index in [0.717, 1.165) is 95.2 Å². The van der Waals surface area contributed by atoms with Crippen molar-refractivity contribution >= 4 is 117 Å². The predicted molar refractivity (Wildman–Crippen MR) is 304 cm³/mol. The number of carbonyl (C=O) groups excluding carboxylic acids is 2. The number of nitrogens with zero attached hydrogens (tertiary/aromatic N) is 7. The first-order valence-electron chi connectivity index (χ1n) is 25.1. The standard InChI is InChI=1S/C55H57Br2ClFIN8O7/c1-35(59)54(70)68-20-19-67(32-39(68)13-15-61)52-41-14-18-66(49-10-3-7-37-6-2-9-46(58)50(37)49)33-48(41)63-55(64-52)75-34-40-8-4-16-65(40)17-5-21-71-22-23-72-24-25-73-26-27-74-51-44(56)29-36(30-45(51)57)28-43-42-31-38(60)11-12-47(42)62-53(43)69/h2-3,6-7,9-12,28-31,39-40H,1,4-5,8,13-14,16-27,32-34H2,(H,62,69)/t39-,40-/m0/s1. The third-order valence-electron chi connectivity index (χ3n) is 13.7. The molecule has 1 aromatic heterocycles. The molecule has 0 bridgehead atoms. The lowest BCUT2D eigenvalue weighted by Crippen LogP contribution is -2.55. The van der Waals surface area contributed by atoms with Crippen molar-refractivity contribution in [1.82, 2.24) is 19.8 Å². The van der Waals surface area contributed by atoms with Gasteiger partial charge in [-0.1, -0.05) is 42.4 Å². The Labute approximate surface area is 471 Å². The van der Waals surface area contributed by atoms with Crippen LogP contribution in [0.25, 0.3) is 22.4 Å². The largest absolute Gasteiger partial charge is 0.489 e. The van der Waals surface area contributed by atoms with Crippen molar-refractivity contribution in [3.05, 3.63) is 119 Å². The lowest BCUT2D eigenvalue weighted by atomic mass is 10.0. The summed E-state index contributed by atoms with van der Waals surface area (Å²) in [4.78, 5) is 43.7. The zero-order valence-electron chi connectivity index (χ0n) is 41.3. The number of anilines is 3. The first-order chi connectivity index (χ1) is 36.4. The number of aromatic nitrogens is 2. The molecule has 4 aromatic carbocycles. The molecule has 2 amide bonds. The highest BCUT2D eigenvalue weighted by molar-refractivity contribution is 14.1. The Hall–Kier alpha value is -4.92. The van der Waals surface area contributed by atoms with Crippen LogP contribution in [0.4, 0.5) is 21.6 Å². The van der Waals surface area contributed by atoms with Gasteiger partial charge >= 0.3 is 6.01 Å². The second-order valence-corrected chi connectivity index (χ2v) is 22.0. The SMILES string of the molecule is C=C(F)C(=O)N1CCN(c2nc(OC[C@@H]3CCCN3CCCOCCOCCOCCOc3c(Br)cc(C=C4C(=O)Nc5ccc(I)cc54)cc3Br)nc3c2CCN(c2cccc4cccc(Cl)c24)C3)C[C@@H]1CC#N. The first-order valence-corrected chi connectivity index (χ1v) is 28.1. The van der Waals surface area contributed by atoms with E-state index in [1.807, 2.05) is 54.6 Å². The van der Waals surface area contributed by atoms with Crippen LogP contribution in [0, 0.1) is 14.9 Å². The Balaban J connectivity index is 0.711. The number of fused-ring (bicyclic) bond motifs is 3. The van der Waals surface area contributed by atoms with E-state index >= 15 is 0 Å². The van der Waals surface area contributed by atoms with Crippen LogP contribution in [0.5, 0.6) is 11.8 Å². The van der Waals surface area contributed by atoms with Crippen LogP contribution in [0.15, 0.2) is 88.1 Å². The van der Waals surface area contributed by atoms with Gasteiger partial charge < -0.3 is 43.7 Å². The molecule has 4 aliphatic heterocycles. The molecule has 2 fully saturated rings. The number of rotatable bonds is 22. The fourth-order valence-corrected chi connectivity index (χ4v) is 12.4. The molecule has 394 valence electrons. The van der Waals surface area contributed by atoms with Crippen molar-refractivity contribution in [3.63, 3.8) is 0 Å². The number of likely N-dealkylation sites (tertiary alicyclic amines) is 1. The average Bonchev–Trinajstić information content (AvgIpc) is 3.98. The van der Waals surface area contributed by atoms with Crippen LogP contribution < -0.4 is 24.6 Å². The third kappa shape index (κ3) is 13.4. The maximum atomic E-state index is 14.1. The summed E-state index contributed by atoms with van der Waals surface area (Å²) in [5, 5.41) is 15.4. The van der Waals surface area contributed by atoms with Crippen molar-refractivity contribution in [3.8, 4) is 17.8 Å². The van der Waals surface area contributed by atoms with Gasteiger partial charge in [-0.25, -0.2) is 4.39 Å². The number of hydrogen-bond donors (Lipinski definition) is 1. The van der Waals surface area contributed by atoms with Gasteiger partial charge in [-0.3, -0.25) is 14.5 Å². The molecule has 0 radical (unpaired) electrons. The van der Waals surface area contributed by atoms with E-state index in [0.29, 0.717) is 102 Å². The maximum Gasteiger partial charge on any atom is 0.318 e. The monoisotopic (exact) mass is 1280 g/mol. The van der Waals surface area contributed by atoms with Crippen molar-refractivity contribution < 1.29 is 37.7 Å². The van der Waals surface area contributed by atoms with Gasteiger partial charge in [-0.15, -0.1) is 0 Å². The molecule has 5 aromatic rings. The first kappa shape index (κ1) is 54.9. The van der Waals surface area contributed by atoms with Crippen LogP contribution in [-0.4, -0.2) is 136 Å². The Kier molecular flexibility index (Phi) is 19.0. The van der Waals surface area contributed by atoms with Gasteiger partial charge in [-0.05, 0) is 146 Å². The second kappa shape index (κ2) is 25.9. The van der Waals surface area contributed by atoms with Crippen LogP contribution in [0.3, 0.4) is 0 Å². The van der Waals surface area contributed by atoms with Crippen molar-refractivity contribution in [2.45, 2.75) is 50.7 Å². The number of halogens is 5. The fraction of sp³-hybridized carbons (Fsp3) is 0.400. The van der Waals surface area contributed by atoms with Gasteiger partial charge in [0.1, 0.15) is 24.8 Å². The number of nitrogens with one attached hydrogen (secondary N) is 1. The van der Waals surface area contributed by atoms with E-state index in [4.69, 9.17) is 45.3 Å². The molecule has 9 rings (SSSR count). The predicted octanol–water partition coefficient (Wildman–Crippen LogP) is 10.2. The molecular weight excluding hydrogens is 1230 g/mol. The lowest BCUT2D eigenvalue weighted by molar-refractivity contribution is -0.131. The zero-order valence-corrected chi connectivity index (χ0v) is 47.4. The molecule has 15 nitrogen and oxygen atoms in total. The maximum absolute atomic E-state index is 14.1. The molecule has 1 N–H and O–H groups in total. The lowest BCUT2D eigenvalue weighted by Gasteiger charge is -2.42. The van der Waals surface area contributed by atoms with Gasteiger partial charge in [0.05, 0.1) is 77.8 Å². The number of ether oxygens (including phenoxy) is 5. The number of carbonyl (C=O) groups is 2. The van der Waals surface area contributed by atoms with Crippen LogP contribution in [0.1, 0.15) is 48.1 Å². The summed E-state index contributed by atoms with van der Waals surface area (Å²) in [5.41, 5.74) is 6.03. The minimum Gasteiger partial charge on any atom is -0.489 e. The van der Waals surface area contributed by atoms with E-state index < -0.39 is 17.8 Å². The normalized spacial score (nSPS) is 18.1. The molecule has 0 spiro atoms. The van der Waals surface area contributed by atoms with Crippen LogP contribution >= 0.6 is 66.1 Å². The number of hydrogen-bond acceptors (Lipinski definition) is 13. The minimum absolute atomic E-state index is 0.0441. The number of piperazine rings is 1. The summed E-state index contributed by atoms with van der Waals surface area (Å²) in [6, 6.07) is 24.0. The van der Waals surface area contributed by atoms with Crippen molar-refractivity contribution in [2.24, 2.45) is 0 Å². The van der Waals surface area contributed by atoms with Crippen LogP contribution in [0.2, 0.25) is 5.02 Å². The Bertz CT molecular complexity index is 2970. The molecule has 2 atom stereocenters. The van der Waals surface area contributed by atoms with E-state index in [-0.39, 0.29) is 30.9 Å². The van der Waals surface area contributed by atoms with Gasteiger partial charge in [0.15, 0.2) is 5.83 Å². The highest BCUT2D eigenvalue weighted by atomic mass is 127. The molecular formula is C55H57Br2ClFIN8O7. The van der Waals surface area contributed by atoms with E-state index in [9.17, 15) is 19.2 Å². The highest BCUT2D eigenvalue weighted by Crippen LogP contribution is 2.40. The second-order valence-electron chi connectivity index (χ2n) is 18.6. The summed E-state index contributed by atoms with van der Waals surface area (Å²) in [7, 11) is 0. The molecule has 0 saturated carbocycles. The highest BCUT2D eigenvalue weighted by Gasteiger charge is 2.35. The number of benzene rings is 4. The van der Waals surface area contributed by atoms with Gasteiger partial charge in [-0.2, -0.15) is 15.2 Å². The number of amides is 2. The number of nitriles is 1. The topological polar surface area (TPSA) is 155 Å². The van der Waals surface area contributed by atoms with Gasteiger partial charge in [0, 0.05) is 82.4 Å². The summed E-state index contributed by atoms with van der Waals surface area (Å²) in [6.45, 7) is 10.8. The smallest absolute Gasteiger partial charge is 0.318 e. The molecule has 4 aliphatic rings. The van der Waals surface area contributed by atoms with Gasteiger partial charge in [0.2, 0.25) is 0 Å². The molecule has 0 aliphatic carbocycles. The molecule has 0 unspecified atom stereocenters. The molecule has 2 saturated heterocycles. The fourth-order valence-electron chi connectivity index (χ4n) is 10.1. The summed E-state index contributed by atoms with van der Waals surface area (Å²) < 4.78 is 46.6. The molecule has 75 heavy (non-hydrogen) atoms. The quantitative estimate of drug-likeness (QED) is 0.0398. The minimum atomic E-state index is -1.04. The molecule has 20 heteroatoms. The third-order valence-corrected chi connectivity index (χ3v) is 15.9. The Morgan fingerprint density at radius 1 is 0.920 bits per heavy atom. The van der Waals surface area contributed by atoms with E-state index in [1.54, 1.807) is 0 Å². The molecule has 5 heterocycles. The summed E-state index contributed by atoms with van der Waals surface area (Å²) in [6.07, 6.45) is 5.48. The summed E-state index contributed by atoms with van der Waals surface area (Å²) >= 11 is 16.3. The van der Waals surface area contributed by atoms with E-state index in [1.165, 1.54) is 4.90 Å². The van der Waals surface area contributed by atoms with Crippen molar-refractivity contribution in [2.75, 3.05) is 107 Å². The van der Waals surface area contributed by atoms with Gasteiger partial charge in [0.25, 0.3) is 11.8 Å². The zero-order chi connectivity index (χ0) is 52.4. The average molecular weight is 1280 g/mol. The van der Waals surface area contributed by atoms with Crippen LogP contribution in [-0.2, 0) is 36.8 Å². The Morgan fingerprint density at radius 3 is 2.43 bits per heavy atom. The Morgan fingerprint density at radius 2 is 1.67 bits per heavy atom. The summed E-state index contributed by atoms with van der Waals surface area (Å²) in [5.74, 6) is -0.580.